The van der Waals surface area contributed by atoms with Gasteiger partial charge in [-0.3, -0.25) is 24.0 Å². The summed E-state index contributed by atoms with van der Waals surface area (Å²) in [5.41, 5.74) is 11.6. The van der Waals surface area contributed by atoms with E-state index in [1.165, 1.54) is 213 Å². The van der Waals surface area contributed by atoms with Gasteiger partial charge in [0.25, 0.3) is 0 Å². The molecule has 20 aliphatic carbocycles. The van der Waals surface area contributed by atoms with Gasteiger partial charge in [0.1, 0.15) is 5.82 Å². The predicted octanol–water partition coefficient (Wildman–Crippen LogP) is 32.5. The number of carbonyl (C=O) groups excluding carboxylic acids is 5. The Labute approximate surface area is 904 Å². The van der Waals surface area contributed by atoms with Crippen LogP contribution in [0.15, 0.2) is 103 Å². The molecule has 820 valence electrons. The van der Waals surface area contributed by atoms with Gasteiger partial charge in [0.05, 0.1) is 28.0 Å². The van der Waals surface area contributed by atoms with E-state index in [2.05, 4.69) is 145 Å². The molecule has 5 aromatic carbocycles. The van der Waals surface area contributed by atoms with Gasteiger partial charge in [-0.05, 0) is 609 Å². The normalized spacial score (nSPS) is 46.4. The molecule has 5 aromatic rings. The first-order chi connectivity index (χ1) is 70.9. The van der Waals surface area contributed by atoms with Crippen LogP contribution in [0.1, 0.15) is 463 Å². The van der Waals surface area contributed by atoms with Crippen LogP contribution in [0, 0.1) is 258 Å². The van der Waals surface area contributed by atoms with Crippen molar-refractivity contribution in [3.8, 4) is 0 Å². The monoisotopic (exact) mass is 2050 g/mol. The van der Waals surface area contributed by atoms with Crippen molar-refractivity contribution in [1.82, 2.24) is 0 Å². The van der Waals surface area contributed by atoms with Crippen LogP contribution in [0.4, 0.5) is 4.39 Å². The van der Waals surface area contributed by atoms with Gasteiger partial charge in [0.2, 0.25) is 0 Å². The molecule has 0 heterocycles. The lowest BCUT2D eigenvalue weighted by Gasteiger charge is -2.61. The number of hydrogen-bond donors (Lipinski definition) is 5. The summed E-state index contributed by atoms with van der Waals surface area (Å²) < 4.78 is 14.2. The van der Waals surface area contributed by atoms with E-state index in [-0.39, 0.29) is 68.3 Å². The van der Waals surface area contributed by atoms with Crippen LogP contribution < -0.4 is 0 Å². The molecule has 0 spiro atoms. The second kappa shape index (κ2) is 40.9. The van der Waals surface area contributed by atoms with E-state index >= 15 is 0 Å². The van der Waals surface area contributed by atoms with Crippen molar-refractivity contribution >= 4 is 28.9 Å². The Bertz CT molecular complexity index is 5480. The largest absolute Gasteiger partial charge is 0.390 e. The lowest BCUT2D eigenvalue weighted by Crippen LogP contribution is -2.55. The number of aryl methyl sites for hydroxylation is 7. The zero-order valence-corrected chi connectivity index (χ0v) is 96.5. The molecule has 0 saturated heterocycles. The van der Waals surface area contributed by atoms with Gasteiger partial charge < -0.3 is 25.5 Å². The van der Waals surface area contributed by atoms with E-state index < -0.39 is 28.0 Å². The number of hydrogen-bond acceptors (Lipinski definition) is 10. The molecule has 0 amide bonds. The fourth-order valence-corrected chi connectivity index (χ4v) is 43.3. The fourth-order valence-electron chi connectivity index (χ4n) is 43.3. The van der Waals surface area contributed by atoms with Gasteiger partial charge in [-0.15, -0.1) is 0 Å². The van der Waals surface area contributed by atoms with E-state index in [1.54, 1.807) is 13.0 Å². The third kappa shape index (κ3) is 19.7. The first-order valence-corrected chi connectivity index (χ1v) is 62.2. The summed E-state index contributed by atoms with van der Waals surface area (Å²) in [6.45, 7) is 42.0. The van der Waals surface area contributed by atoms with E-state index in [9.17, 15) is 53.9 Å². The SMILES string of the molecule is C[C@@]1(O)CC[C@@]2(C)[C@H](CC[C@@H]3[C@@H]2CC[C@]2(C)[C@@H](C(=O)c4ccccc4)CC[C@@H]32)C1.Cc1ccc(C(=O)[C@H]2CC[C@H]3[C@@H]4CC[C@@H]5C[C@](C)(O)CC[C@@H]5[C@H]4CC[C@]23C)cc1C.Cc1ccc(C(=O)[C@H]2CC[C@H]3[C@@H]4CC[C@@H]5C[C@](C)(O)CC[C@]5(C)[C@H]4CC[C@]23C)cc1F.Cc1ccc(C(=O)[C@H]2CC[C@H]3[C@@H]4CC[C@H]5C[C@](C)(O)CC[C@@H]5[C@H]4CC[C@]23C)cc1C.Cc1ccc(C(=O)[C@H]2CC[C@H]3[C@@H]4CC[C@H]5C[C@](C)(O)CC[C@@H]5[C@H]4CC[C@]23C)cc1C. The lowest BCUT2D eigenvalue weighted by molar-refractivity contribution is -0.144. The molecule has 20 fully saturated rings. The summed E-state index contributed by atoms with van der Waals surface area (Å²) in [4.78, 5) is 67.7. The number of halogens is 1. The van der Waals surface area contributed by atoms with Crippen molar-refractivity contribution in [2.45, 2.75) is 448 Å². The molecule has 25 rings (SSSR count). The lowest BCUT2D eigenvalue weighted by atomic mass is 9.44. The highest BCUT2D eigenvalue weighted by Gasteiger charge is 2.68. The summed E-state index contributed by atoms with van der Waals surface area (Å²) in [6, 6.07) is 33.9. The topological polar surface area (TPSA) is 186 Å². The molecule has 10 nitrogen and oxygen atoms in total. The molecule has 11 heteroatoms. The van der Waals surface area contributed by atoms with Crippen molar-refractivity contribution < 1.29 is 53.9 Å². The summed E-state index contributed by atoms with van der Waals surface area (Å²) in [7, 11) is 0. The van der Waals surface area contributed by atoms with E-state index in [4.69, 9.17) is 0 Å². The number of benzene rings is 5. The number of carbonyl (C=O) groups is 5. The summed E-state index contributed by atoms with van der Waals surface area (Å²) in [6.07, 6.45) is 52.5. The zero-order valence-electron chi connectivity index (χ0n) is 96.5. The van der Waals surface area contributed by atoms with E-state index in [1.807, 2.05) is 71.0 Å². The molecule has 5 N–H and O–H groups in total. The Hall–Kier alpha value is -5.82. The number of Topliss-reactive ketones (excluding diaryl/α,β-unsaturated/α-hetero) is 5. The second-order valence-corrected chi connectivity index (χ2v) is 60.2. The van der Waals surface area contributed by atoms with Crippen molar-refractivity contribution in [2.75, 3.05) is 0 Å². The zero-order chi connectivity index (χ0) is 106. The first-order valence-electron chi connectivity index (χ1n) is 62.2. The standard InChI is InChI=1S/C28H39FO2.3C28H40O2.C27H38O2/c1-17-5-6-18(15-24(17)29)25(30)23-10-9-21-20-8-7-19-16-26(2,31)13-14-27(19,3)22(20)11-12-28(21,23)4;3*1-17-5-6-19(15-18(17)2)26(29)25-10-9-24-23-8-7-20-16-27(3,30)13-11-21(20)22(23)12-14-28(24,25)4;1-25(29)15-16-26(2)19(17-25)9-10-20-21-11-12-23(27(21,3)14-13-22(20)26)24(28)18-7-5-4-6-8-18/h5-6,15,19-23,31H,7-14,16H2,1-4H3;3*5-6,15,20-25,30H,7-14,16H2,1-4H3;4-8,19-23,29H,9-17H2,1-3H3/t19-,20+,21+,22+,23-,26-,27+,28+;20-,21+,22-,23-,24+,25-,27-,28+;2*20-,21-,22+,23+,24-,25+,27+,28-;19-,20+,21+,22+,23-,25-,26+,27+/m11001/s1. The van der Waals surface area contributed by atoms with Gasteiger partial charge in [-0.25, -0.2) is 4.39 Å². The van der Waals surface area contributed by atoms with Gasteiger partial charge in [0.15, 0.2) is 28.9 Å². The molecule has 0 unspecified atom stereocenters. The molecule has 0 aromatic heterocycles. The average molecular weight is 2050 g/mol. The first kappa shape index (κ1) is 110. The number of fused-ring (bicyclic) bond motifs is 25. The molecule has 40 atom stereocenters. The van der Waals surface area contributed by atoms with Gasteiger partial charge >= 0.3 is 0 Å². The molecule has 150 heavy (non-hydrogen) atoms. The third-order valence-electron chi connectivity index (χ3n) is 52.1. The van der Waals surface area contributed by atoms with Gasteiger partial charge in [0, 0.05) is 57.4 Å². The Morgan fingerprint density at radius 2 is 0.467 bits per heavy atom. The average Bonchev–Trinajstić information content (AvgIpc) is 1.40. The number of rotatable bonds is 10. The van der Waals surface area contributed by atoms with Crippen LogP contribution in [0.3, 0.4) is 0 Å². The molecular weight excluding hydrogens is 1850 g/mol. The molecule has 20 aliphatic rings. The molecule has 0 bridgehead atoms. The maximum atomic E-state index is 14.2. The van der Waals surface area contributed by atoms with Crippen LogP contribution in [0.25, 0.3) is 0 Å². The van der Waals surface area contributed by atoms with Crippen molar-refractivity contribution in [3.05, 3.63) is 176 Å². The van der Waals surface area contributed by atoms with Crippen LogP contribution >= 0.6 is 0 Å². The molecule has 0 radical (unpaired) electrons. The smallest absolute Gasteiger partial charge is 0.166 e. The van der Waals surface area contributed by atoms with E-state index in [0.717, 1.165) is 244 Å². The molecule has 0 aliphatic heterocycles. The van der Waals surface area contributed by atoms with Gasteiger partial charge in [-0.2, -0.15) is 0 Å². The Balaban J connectivity index is 0.000000109. The fraction of sp³-hybridized carbons (Fsp3) is 0.748. The van der Waals surface area contributed by atoms with Crippen LogP contribution in [-0.2, 0) is 0 Å². The second-order valence-electron chi connectivity index (χ2n) is 60.2. The molecular formula is C139H197FO10. The Kier molecular flexibility index (Phi) is 29.9. The van der Waals surface area contributed by atoms with E-state index in [0.29, 0.717) is 74.7 Å². The van der Waals surface area contributed by atoms with Crippen LogP contribution in [0.5, 0.6) is 0 Å². The van der Waals surface area contributed by atoms with Gasteiger partial charge in [-0.1, -0.05) is 127 Å². The van der Waals surface area contributed by atoms with Crippen LogP contribution in [0.2, 0.25) is 0 Å². The predicted molar refractivity (Wildman–Crippen MR) is 602 cm³/mol. The quantitative estimate of drug-likeness (QED) is 0.0843. The Morgan fingerprint density at radius 3 is 0.767 bits per heavy atom. The number of ketones is 5. The minimum absolute atomic E-state index is 0.0261. The maximum Gasteiger partial charge on any atom is 0.166 e. The maximum absolute atomic E-state index is 14.2. The third-order valence-corrected chi connectivity index (χ3v) is 52.1. The van der Waals surface area contributed by atoms with Crippen LogP contribution in [-0.4, -0.2) is 82.5 Å². The van der Waals surface area contributed by atoms with Crippen molar-refractivity contribution in [3.63, 3.8) is 0 Å². The van der Waals surface area contributed by atoms with Crippen molar-refractivity contribution in [1.29, 1.82) is 0 Å². The summed E-state index contributed by atoms with van der Waals surface area (Å²) in [5, 5.41) is 53.2. The summed E-state index contributed by atoms with van der Waals surface area (Å²) in [5.74, 6) is 19.8. The minimum Gasteiger partial charge on any atom is -0.390 e. The highest BCUT2D eigenvalue weighted by Crippen LogP contribution is 2.74. The van der Waals surface area contributed by atoms with Crippen molar-refractivity contribution in [2.24, 2.45) is 204 Å². The Morgan fingerprint density at radius 1 is 0.213 bits per heavy atom. The number of aliphatic hydroxyl groups is 5. The molecule has 20 saturated carbocycles. The highest BCUT2D eigenvalue weighted by atomic mass is 19.1. The highest BCUT2D eigenvalue weighted by molar-refractivity contribution is 6.01. The summed E-state index contributed by atoms with van der Waals surface area (Å²) >= 11 is 0. The minimum atomic E-state index is -0.492.